The van der Waals surface area contributed by atoms with Crippen molar-refractivity contribution in [1.82, 2.24) is 4.98 Å². The number of fused-ring (bicyclic) bond motifs is 1. The van der Waals surface area contributed by atoms with Gasteiger partial charge in [-0.3, -0.25) is 0 Å². The molecule has 3 rings (SSSR count). The largest absolute Gasteiger partial charge is 0.358 e. The summed E-state index contributed by atoms with van der Waals surface area (Å²) in [7, 11) is 0. The lowest BCUT2D eigenvalue weighted by Gasteiger charge is -2.34. The fourth-order valence-corrected chi connectivity index (χ4v) is 3.25. The Labute approximate surface area is 109 Å². The number of hydrogen-bond donors (Lipinski definition) is 2. The molecule has 2 aromatic rings. The summed E-state index contributed by atoms with van der Waals surface area (Å²) in [5, 5.41) is 1.33. The van der Waals surface area contributed by atoms with E-state index in [1.165, 1.54) is 47.0 Å². The molecule has 0 bridgehead atoms. The first-order valence-electron chi connectivity index (χ1n) is 6.98. The molecule has 2 heteroatoms. The van der Waals surface area contributed by atoms with Crippen molar-refractivity contribution >= 4 is 10.9 Å². The number of aromatic nitrogens is 1. The van der Waals surface area contributed by atoms with Gasteiger partial charge in [-0.05, 0) is 43.9 Å². The molecule has 0 spiro atoms. The number of benzene rings is 1. The number of hydrogen-bond acceptors (Lipinski definition) is 1. The Morgan fingerprint density at radius 3 is 2.56 bits per heavy atom. The van der Waals surface area contributed by atoms with Crippen LogP contribution in [0.25, 0.3) is 10.9 Å². The first-order chi connectivity index (χ1) is 8.60. The molecule has 0 unspecified atom stereocenters. The molecule has 1 heterocycles. The quantitative estimate of drug-likeness (QED) is 0.782. The second-order valence-electron chi connectivity index (χ2n) is 5.85. The average molecular weight is 242 g/mol. The monoisotopic (exact) mass is 242 g/mol. The summed E-state index contributed by atoms with van der Waals surface area (Å²) in [4.78, 5) is 3.47. The lowest BCUT2D eigenvalue weighted by Crippen LogP contribution is -2.38. The van der Waals surface area contributed by atoms with E-state index in [1.54, 1.807) is 0 Å². The van der Waals surface area contributed by atoms with Crippen molar-refractivity contribution < 1.29 is 0 Å². The zero-order valence-corrected chi connectivity index (χ0v) is 11.3. The molecule has 1 aliphatic carbocycles. The van der Waals surface area contributed by atoms with Gasteiger partial charge in [0.2, 0.25) is 0 Å². The number of nitrogens with two attached hydrogens (primary N) is 1. The molecule has 0 atom stereocenters. The minimum Gasteiger partial charge on any atom is -0.358 e. The van der Waals surface area contributed by atoms with Crippen LogP contribution in [0.4, 0.5) is 0 Å². The van der Waals surface area contributed by atoms with Gasteiger partial charge in [-0.2, -0.15) is 0 Å². The lowest BCUT2D eigenvalue weighted by atomic mass is 9.77. The van der Waals surface area contributed by atoms with Crippen LogP contribution in [-0.2, 0) is 5.54 Å². The van der Waals surface area contributed by atoms with Gasteiger partial charge in [0.05, 0.1) is 0 Å². The van der Waals surface area contributed by atoms with E-state index in [0.717, 1.165) is 12.8 Å². The van der Waals surface area contributed by atoms with Crippen LogP contribution in [-0.4, -0.2) is 4.98 Å². The van der Waals surface area contributed by atoms with Crippen LogP contribution in [0, 0.1) is 13.8 Å². The third-order valence-electron chi connectivity index (χ3n) is 4.63. The van der Waals surface area contributed by atoms with Gasteiger partial charge >= 0.3 is 0 Å². The Kier molecular flexibility index (Phi) is 2.70. The van der Waals surface area contributed by atoms with Crippen molar-refractivity contribution in [3.8, 4) is 0 Å². The number of aromatic amines is 1. The molecule has 0 aliphatic heterocycles. The standard InChI is InChI=1S/C16H22N2/c1-11-12(2)18-15-10-13(6-7-14(11)15)16(17)8-4-3-5-9-16/h6-7,10,18H,3-5,8-9,17H2,1-2H3. The van der Waals surface area contributed by atoms with E-state index in [9.17, 15) is 0 Å². The van der Waals surface area contributed by atoms with Crippen LogP contribution >= 0.6 is 0 Å². The fourth-order valence-electron chi connectivity index (χ4n) is 3.25. The molecule has 1 aliphatic rings. The summed E-state index contributed by atoms with van der Waals surface area (Å²) in [5.41, 5.74) is 11.7. The molecule has 0 radical (unpaired) electrons. The Bertz CT molecular complexity index is 574. The first-order valence-corrected chi connectivity index (χ1v) is 6.98. The Morgan fingerprint density at radius 2 is 1.83 bits per heavy atom. The molecule has 3 N–H and O–H groups in total. The van der Waals surface area contributed by atoms with E-state index in [0.29, 0.717) is 0 Å². The van der Waals surface area contributed by atoms with E-state index in [-0.39, 0.29) is 5.54 Å². The van der Waals surface area contributed by atoms with Crippen molar-refractivity contribution in [2.75, 3.05) is 0 Å². The number of nitrogens with one attached hydrogen (secondary N) is 1. The zero-order chi connectivity index (χ0) is 12.8. The molecule has 0 saturated heterocycles. The molecule has 1 saturated carbocycles. The number of aryl methyl sites for hydroxylation is 2. The van der Waals surface area contributed by atoms with Crippen LogP contribution in [0.15, 0.2) is 18.2 Å². The van der Waals surface area contributed by atoms with Crippen molar-refractivity contribution in [3.05, 3.63) is 35.0 Å². The van der Waals surface area contributed by atoms with E-state index in [1.807, 2.05) is 0 Å². The molecule has 18 heavy (non-hydrogen) atoms. The second kappa shape index (κ2) is 4.13. The summed E-state index contributed by atoms with van der Waals surface area (Å²) >= 11 is 0. The Hall–Kier alpha value is -1.28. The highest BCUT2D eigenvalue weighted by Crippen LogP contribution is 2.36. The second-order valence-corrected chi connectivity index (χ2v) is 5.85. The van der Waals surface area contributed by atoms with Gasteiger partial charge in [0.15, 0.2) is 0 Å². The minimum absolute atomic E-state index is 0.0979. The fraction of sp³-hybridized carbons (Fsp3) is 0.500. The van der Waals surface area contributed by atoms with Gasteiger partial charge in [-0.25, -0.2) is 0 Å². The molecular weight excluding hydrogens is 220 g/mol. The smallest absolute Gasteiger partial charge is 0.0462 e. The van der Waals surface area contributed by atoms with Crippen molar-refractivity contribution in [1.29, 1.82) is 0 Å². The Morgan fingerprint density at radius 1 is 1.11 bits per heavy atom. The number of rotatable bonds is 1. The van der Waals surface area contributed by atoms with E-state index >= 15 is 0 Å². The molecule has 2 nitrogen and oxygen atoms in total. The van der Waals surface area contributed by atoms with Gasteiger partial charge in [0.1, 0.15) is 0 Å². The van der Waals surface area contributed by atoms with Gasteiger partial charge in [-0.1, -0.05) is 31.4 Å². The maximum atomic E-state index is 6.60. The van der Waals surface area contributed by atoms with Crippen LogP contribution in [0.2, 0.25) is 0 Å². The number of H-pyrrole nitrogens is 1. The van der Waals surface area contributed by atoms with Crippen LogP contribution in [0.1, 0.15) is 48.9 Å². The highest BCUT2D eigenvalue weighted by Gasteiger charge is 2.29. The summed E-state index contributed by atoms with van der Waals surface area (Å²) in [6, 6.07) is 6.72. The average Bonchev–Trinajstić information content (AvgIpc) is 2.66. The summed E-state index contributed by atoms with van der Waals surface area (Å²) in [6.07, 6.45) is 6.10. The van der Waals surface area contributed by atoms with Gasteiger partial charge in [0.25, 0.3) is 0 Å². The molecule has 0 amide bonds. The molecule has 1 aromatic carbocycles. The minimum atomic E-state index is -0.0979. The van der Waals surface area contributed by atoms with E-state index in [4.69, 9.17) is 5.73 Å². The normalized spacial score (nSPS) is 19.3. The van der Waals surface area contributed by atoms with E-state index < -0.39 is 0 Å². The lowest BCUT2D eigenvalue weighted by molar-refractivity contribution is 0.302. The first kappa shape index (κ1) is 11.8. The van der Waals surface area contributed by atoms with Gasteiger partial charge in [0, 0.05) is 22.1 Å². The maximum Gasteiger partial charge on any atom is 0.0462 e. The summed E-state index contributed by atoms with van der Waals surface area (Å²) in [6.45, 7) is 4.31. The van der Waals surface area contributed by atoms with Crippen LogP contribution in [0.5, 0.6) is 0 Å². The molecule has 96 valence electrons. The molecule has 1 fully saturated rings. The topological polar surface area (TPSA) is 41.8 Å². The molecule has 1 aromatic heterocycles. The summed E-state index contributed by atoms with van der Waals surface area (Å²) < 4.78 is 0. The van der Waals surface area contributed by atoms with Gasteiger partial charge in [-0.15, -0.1) is 0 Å². The predicted octanol–water partition coefficient (Wildman–Crippen LogP) is 3.90. The van der Waals surface area contributed by atoms with Crippen molar-refractivity contribution in [2.24, 2.45) is 5.73 Å². The van der Waals surface area contributed by atoms with Crippen LogP contribution in [0.3, 0.4) is 0 Å². The third-order valence-corrected chi connectivity index (χ3v) is 4.63. The SMILES string of the molecule is Cc1[nH]c2cc(C3(N)CCCCC3)ccc2c1C. The third kappa shape index (κ3) is 1.76. The van der Waals surface area contributed by atoms with Gasteiger partial charge < -0.3 is 10.7 Å². The highest BCUT2D eigenvalue weighted by molar-refractivity contribution is 5.85. The van der Waals surface area contributed by atoms with Crippen molar-refractivity contribution in [2.45, 2.75) is 51.5 Å². The van der Waals surface area contributed by atoms with Crippen LogP contribution < -0.4 is 5.73 Å². The summed E-state index contributed by atoms with van der Waals surface area (Å²) in [5.74, 6) is 0. The van der Waals surface area contributed by atoms with Crippen molar-refractivity contribution in [3.63, 3.8) is 0 Å². The predicted molar refractivity (Wildman–Crippen MR) is 76.7 cm³/mol. The molecular formula is C16H22N2. The Balaban J connectivity index is 2.07. The maximum absolute atomic E-state index is 6.60. The van der Waals surface area contributed by atoms with E-state index in [2.05, 4.69) is 37.0 Å². The zero-order valence-electron chi connectivity index (χ0n) is 11.3. The highest BCUT2D eigenvalue weighted by atomic mass is 14.8.